The Labute approximate surface area is 153 Å². The number of hydrogen-bond acceptors (Lipinski definition) is 5. The maximum atomic E-state index is 12.5. The number of nitrogens with one attached hydrogen (secondary N) is 1. The third kappa shape index (κ3) is 4.14. The van der Waals surface area contributed by atoms with Crippen LogP contribution in [0.25, 0.3) is 11.1 Å². The van der Waals surface area contributed by atoms with E-state index in [9.17, 15) is 8.42 Å². The van der Waals surface area contributed by atoms with Gasteiger partial charge in [0.25, 0.3) is 0 Å². The summed E-state index contributed by atoms with van der Waals surface area (Å²) in [4.78, 5) is 8.63. The molecule has 0 aliphatic heterocycles. The number of sulfonamides is 1. The second-order valence-corrected chi connectivity index (χ2v) is 7.93. The highest BCUT2D eigenvalue weighted by Crippen LogP contribution is 2.24. The van der Waals surface area contributed by atoms with Crippen LogP contribution in [0.3, 0.4) is 0 Å². The molecule has 0 unspecified atom stereocenters. The maximum Gasteiger partial charge on any atom is 0.240 e. The van der Waals surface area contributed by atoms with Crippen molar-refractivity contribution in [2.45, 2.75) is 25.2 Å². The van der Waals surface area contributed by atoms with Crippen LogP contribution in [0, 0.1) is 13.8 Å². The molecule has 2 aromatic heterocycles. The molecule has 26 heavy (non-hydrogen) atoms. The quantitative estimate of drug-likeness (QED) is 0.716. The van der Waals surface area contributed by atoms with Gasteiger partial charge in [-0.2, -0.15) is 5.10 Å². The Balaban J connectivity index is 1.73. The van der Waals surface area contributed by atoms with Crippen LogP contribution in [0.4, 0.5) is 0 Å². The number of nitrogens with zero attached hydrogens (tertiary/aromatic N) is 4. The Kier molecular flexibility index (Phi) is 5.15. The van der Waals surface area contributed by atoms with Crippen molar-refractivity contribution in [3.05, 3.63) is 59.9 Å². The third-order valence-electron chi connectivity index (χ3n) is 4.06. The van der Waals surface area contributed by atoms with E-state index in [-0.39, 0.29) is 4.90 Å². The maximum absolute atomic E-state index is 12.5. The van der Waals surface area contributed by atoms with Crippen LogP contribution in [-0.2, 0) is 23.5 Å². The first kappa shape index (κ1) is 18.2. The van der Waals surface area contributed by atoms with Gasteiger partial charge in [0.05, 0.1) is 11.1 Å². The lowest BCUT2D eigenvalue weighted by atomic mass is 10.0. The predicted octanol–water partition coefficient (Wildman–Crippen LogP) is 2.01. The monoisotopic (exact) mass is 371 g/mol. The molecule has 0 radical (unpaired) electrons. The summed E-state index contributed by atoms with van der Waals surface area (Å²) in [6, 6.07) is 5.06. The highest BCUT2D eigenvalue weighted by molar-refractivity contribution is 7.89. The van der Waals surface area contributed by atoms with Crippen LogP contribution in [-0.4, -0.2) is 34.7 Å². The zero-order valence-electron chi connectivity index (χ0n) is 15.0. The van der Waals surface area contributed by atoms with Gasteiger partial charge in [-0.05, 0) is 49.1 Å². The lowest BCUT2D eigenvalue weighted by Gasteiger charge is -2.10. The molecular formula is C18H21N5O2S. The fraction of sp³-hybridized carbons (Fsp3) is 0.278. The van der Waals surface area contributed by atoms with E-state index in [1.807, 2.05) is 27.1 Å². The van der Waals surface area contributed by atoms with E-state index in [0.29, 0.717) is 18.8 Å². The van der Waals surface area contributed by atoms with E-state index in [1.54, 1.807) is 41.5 Å². The number of rotatable bonds is 6. The predicted molar refractivity (Wildman–Crippen MR) is 99.0 cm³/mol. The van der Waals surface area contributed by atoms with Crippen LogP contribution in [0.15, 0.2) is 47.9 Å². The summed E-state index contributed by atoms with van der Waals surface area (Å²) in [7, 11) is -1.73. The molecule has 0 spiro atoms. The van der Waals surface area contributed by atoms with Crippen LogP contribution in [0.5, 0.6) is 0 Å². The minimum Gasteiger partial charge on any atom is -0.276 e. The van der Waals surface area contributed by atoms with E-state index < -0.39 is 10.0 Å². The van der Waals surface area contributed by atoms with Gasteiger partial charge >= 0.3 is 0 Å². The van der Waals surface area contributed by atoms with Crippen molar-refractivity contribution < 1.29 is 8.42 Å². The molecule has 3 rings (SSSR count). The number of aromatic nitrogens is 4. The van der Waals surface area contributed by atoms with Crippen LogP contribution in [0.1, 0.15) is 17.0 Å². The van der Waals surface area contributed by atoms with Gasteiger partial charge in [-0.25, -0.2) is 23.1 Å². The van der Waals surface area contributed by atoms with Crippen molar-refractivity contribution in [1.82, 2.24) is 24.5 Å². The Hall–Kier alpha value is -2.58. The summed E-state index contributed by atoms with van der Waals surface area (Å²) in [5.41, 5.74) is 3.62. The first-order valence-corrected chi connectivity index (χ1v) is 9.70. The van der Waals surface area contributed by atoms with Crippen molar-refractivity contribution in [3.63, 3.8) is 0 Å². The molecule has 8 heteroatoms. The van der Waals surface area contributed by atoms with E-state index in [4.69, 9.17) is 0 Å². The molecule has 0 aliphatic rings. The van der Waals surface area contributed by atoms with Gasteiger partial charge in [0.2, 0.25) is 10.0 Å². The largest absolute Gasteiger partial charge is 0.276 e. The fourth-order valence-electron chi connectivity index (χ4n) is 2.67. The second-order valence-electron chi connectivity index (χ2n) is 6.17. The van der Waals surface area contributed by atoms with Gasteiger partial charge in [-0.15, -0.1) is 0 Å². The van der Waals surface area contributed by atoms with E-state index in [1.165, 1.54) is 0 Å². The molecule has 3 aromatic rings. The molecular weight excluding hydrogens is 350 g/mol. The van der Waals surface area contributed by atoms with Crippen molar-refractivity contribution in [1.29, 1.82) is 0 Å². The van der Waals surface area contributed by atoms with Gasteiger partial charge < -0.3 is 0 Å². The highest BCUT2D eigenvalue weighted by Gasteiger charge is 2.15. The molecule has 0 saturated heterocycles. The first-order valence-electron chi connectivity index (χ1n) is 8.22. The molecule has 0 aliphatic carbocycles. The normalized spacial score (nSPS) is 11.7. The zero-order chi connectivity index (χ0) is 18.7. The molecule has 1 aromatic carbocycles. The van der Waals surface area contributed by atoms with Crippen molar-refractivity contribution >= 4 is 10.0 Å². The van der Waals surface area contributed by atoms with Gasteiger partial charge in [-0.1, -0.05) is 6.07 Å². The van der Waals surface area contributed by atoms with Crippen molar-refractivity contribution in [2.75, 3.05) is 6.54 Å². The average molecular weight is 371 g/mol. The van der Waals surface area contributed by atoms with Crippen molar-refractivity contribution in [3.8, 4) is 11.1 Å². The van der Waals surface area contributed by atoms with E-state index >= 15 is 0 Å². The van der Waals surface area contributed by atoms with Crippen molar-refractivity contribution in [2.24, 2.45) is 7.05 Å². The molecule has 2 heterocycles. The molecule has 0 amide bonds. The lowest BCUT2D eigenvalue weighted by molar-refractivity contribution is 0.581. The molecule has 0 fully saturated rings. The summed E-state index contributed by atoms with van der Waals surface area (Å²) in [5.74, 6) is 0.698. The molecule has 0 saturated carbocycles. The average Bonchev–Trinajstić information content (AvgIpc) is 3.01. The Morgan fingerprint density at radius 2 is 1.85 bits per heavy atom. The fourth-order valence-corrected chi connectivity index (χ4v) is 3.79. The summed E-state index contributed by atoms with van der Waals surface area (Å²) in [6.45, 7) is 4.02. The Morgan fingerprint density at radius 1 is 1.12 bits per heavy atom. The summed E-state index contributed by atoms with van der Waals surface area (Å²) in [6.07, 6.45) is 7.68. The first-order chi connectivity index (χ1) is 12.3. The van der Waals surface area contributed by atoms with Crippen LogP contribution >= 0.6 is 0 Å². The minimum absolute atomic E-state index is 0.248. The van der Waals surface area contributed by atoms with Gasteiger partial charge in [0.15, 0.2) is 0 Å². The smallest absolute Gasteiger partial charge is 0.240 e. The number of benzene rings is 1. The van der Waals surface area contributed by atoms with Gasteiger partial charge in [-0.3, -0.25) is 4.68 Å². The number of aryl methyl sites for hydroxylation is 3. The SMILES string of the molecule is Cc1ncc(-c2ccc(S(=O)(=O)NCCc3cnn(C)c3)cc2C)cn1. The third-order valence-corrected chi connectivity index (χ3v) is 5.52. The molecule has 7 nitrogen and oxygen atoms in total. The van der Waals surface area contributed by atoms with E-state index in [0.717, 1.165) is 22.3 Å². The Bertz CT molecular complexity index is 1010. The van der Waals surface area contributed by atoms with Gasteiger partial charge in [0, 0.05) is 37.7 Å². The standard InChI is InChI=1S/C18H21N5O2S/c1-13-8-17(4-5-18(13)16-10-19-14(2)20-11-16)26(24,25)22-7-6-15-9-21-23(3)12-15/h4-5,8-12,22H,6-7H2,1-3H3. The number of hydrogen-bond donors (Lipinski definition) is 1. The minimum atomic E-state index is -3.56. The topological polar surface area (TPSA) is 89.8 Å². The van der Waals surface area contributed by atoms with Crippen LogP contribution < -0.4 is 4.72 Å². The van der Waals surface area contributed by atoms with Crippen LogP contribution in [0.2, 0.25) is 0 Å². The lowest BCUT2D eigenvalue weighted by Crippen LogP contribution is -2.26. The molecule has 0 bridgehead atoms. The summed E-state index contributed by atoms with van der Waals surface area (Å²) >= 11 is 0. The molecule has 0 atom stereocenters. The highest BCUT2D eigenvalue weighted by atomic mass is 32.2. The summed E-state index contributed by atoms with van der Waals surface area (Å²) in [5, 5.41) is 4.07. The zero-order valence-corrected chi connectivity index (χ0v) is 15.8. The second kappa shape index (κ2) is 7.35. The van der Waals surface area contributed by atoms with Gasteiger partial charge in [0.1, 0.15) is 5.82 Å². The summed E-state index contributed by atoms with van der Waals surface area (Å²) < 4.78 is 29.4. The molecule has 1 N–H and O–H groups in total. The van der Waals surface area contributed by atoms with E-state index in [2.05, 4.69) is 19.8 Å². The molecule has 136 valence electrons. The Morgan fingerprint density at radius 3 is 2.46 bits per heavy atom.